The Balaban J connectivity index is 2.10. The molecule has 0 aromatic carbocycles. The Morgan fingerprint density at radius 1 is 0.753 bits per heavy atom. The van der Waals surface area contributed by atoms with E-state index >= 15 is 0 Å². The third-order valence-corrected chi connectivity index (χ3v) is 11.4. The van der Waals surface area contributed by atoms with Gasteiger partial charge in [-0.2, -0.15) is 0 Å². The molecule has 9 N–H and O–H groups in total. The Bertz CT molecular complexity index is 2000. The van der Waals surface area contributed by atoms with Gasteiger partial charge in [0, 0.05) is 13.6 Å². The van der Waals surface area contributed by atoms with E-state index in [1.54, 1.807) is 110 Å². The Hall–Kier alpha value is -4.96. The molecule has 0 spiro atoms. The largest absolute Gasteiger partial charge is 0.466 e. The molecule has 3 aliphatic rings. The van der Waals surface area contributed by atoms with Crippen molar-refractivity contribution < 1.29 is 91.8 Å². The van der Waals surface area contributed by atoms with Gasteiger partial charge in [-0.1, -0.05) is 0 Å². The van der Waals surface area contributed by atoms with Gasteiger partial charge in [0.1, 0.15) is 58.2 Å². The lowest BCUT2D eigenvalue weighted by molar-refractivity contribution is -0.276. The quantitative estimate of drug-likeness (QED) is 0.0481. The van der Waals surface area contributed by atoms with Gasteiger partial charge in [-0.3, -0.25) is 4.79 Å². The first-order chi connectivity index (χ1) is 35.2. The smallest absolute Gasteiger partial charge is 0.410 e. The number of hydrogen-bond donors (Lipinski definition) is 9. The lowest BCUT2D eigenvalue weighted by Gasteiger charge is -2.49. The van der Waals surface area contributed by atoms with Crippen molar-refractivity contribution >= 4 is 36.4 Å². The third-order valence-electron chi connectivity index (χ3n) is 11.4. The first-order valence-electron chi connectivity index (χ1n) is 26.1. The second-order valence-corrected chi connectivity index (χ2v) is 24.5. The highest BCUT2D eigenvalue weighted by atomic mass is 16.7. The molecule has 1 saturated heterocycles. The number of aliphatic hydroxyl groups is 4. The summed E-state index contributed by atoms with van der Waals surface area (Å²) in [6, 6.07) is -4.81. The van der Waals surface area contributed by atoms with Crippen molar-refractivity contribution in [1.29, 1.82) is 0 Å². The number of nitrogens with one attached hydrogen (secondary N) is 5. The van der Waals surface area contributed by atoms with Crippen LogP contribution in [0, 0.1) is 0 Å². The monoisotopic (exact) mass is 1110 g/mol. The molecule has 3 rings (SSSR count). The number of hydrogen-bond acceptors (Lipinski definition) is 20. The molecule has 26 heteroatoms. The van der Waals surface area contributed by atoms with Crippen molar-refractivity contribution in [2.24, 2.45) is 0 Å². The van der Waals surface area contributed by atoms with Crippen molar-refractivity contribution in [3.05, 3.63) is 11.8 Å². The third kappa shape index (κ3) is 22.7. The highest BCUT2D eigenvalue weighted by Crippen LogP contribution is 2.33. The molecule has 0 unspecified atom stereocenters. The van der Waals surface area contributed by atoms with Gasteiger partial charge in [-0.15, -0.1) is 0 Å². The number of likely N-dealkylation sites (N-methyl/N-ethyl adjacent to an activating group) is 1. The number of likely N-dealkylation sites (tertiary alicyclic amines) is 1. The van der Waals surface area contributed by atoms with Crippen LogP contribution in [0.25, 0.3) is 0 Å². The van der Waals surface area contributed by atoms with E-state index in [9.17, 15) is 49.2 Å². The van der Waals surface area contributed by atoms with Crippen molar-refractivity contribution in [3.8, 4) is 0 Å². The second-order valence-electron chi connectivity index (χ2n) is 24.5. The Labute approximate surface area is 453 Å². The fraction of sp³-hybridized carbons (Fsp3) is 0.843. The summed E-state index contributed by atoms with van der Waals surface area (Å²) >= 11 is 0. The van der Waals surface area contributed by atoms with Crippen LogP contribution in [0.15, 0.2) is 11.8 Å². The van der Waals surface area contributed by atoms with Crippen LogP contribution in [0.2, 0.25) is 0 Å². The van der Waals surface area contributed by atoms with Crippen molar-refractivity contribution in [2.75, 3.05) is 53.0 Å². The molecule has 2 fully saturated rings. The average Bonchev–Trinajstić information content (AvgIpc) is 3.24. The fourth-order valence-electron chi connectivity index (χ4n) is 7.84. The number of carbonyl (C=O) groups is 6. The number of amides is 6. The Morgan fingerprint density at radius 3 is 1.81 bits per heavy atom. The maximum atomic E-state index is 14.2. The summed E-state index contributed by atoms with van der Waals surface area (Å²) in [5.74, 6) is -0.653. The van der Waals surface area contributed by atoms with Crippen LogP contribution < -0.4 is 26.6 Å². The van der Waals surface area contributed by atoms with Gasteiger partial charge in [-0.05, 0) is 143 Å². The van der Waals surface area contributed by atoms with Crippen LogP contribution in [-0.2, 0) is 47.4 Å². The topological polar surface area (TPSA) is 333 Å². The number of rotatable bonds is 20. The van der Waals surface area contributed by atoms with E-state index in [0.29, 0.717) is 25.3 Å². The summed E-state index contributed by atoms with van der Waals surface area (Å²) in [7, 11) is 1.37. The van der Waals surface area contributed by atoms with Gasteiger partial charge in [-0.25, -0.2) is 24.0 Å². The van der Waals surface area contributed by atoms with Crippen LogP contribution >= 0.6 is 0 Å². The molecule has 26 nitrogen and oxygen atoms in total. The van der Waals surface area contributed by atoms with Crippen LogP contribution in [0.1, 0.15) is 130 Å². The minimum atomic E-state index is -2.17. The molecule has 0 aromatic rings. The summed E-state index contributed by atoms with van der Waals surface area (Å²) in [6.45, 7) is 25.5. The van der Waals surface area contributed by atoms with E-state index in [4.69, 9.17) is 42.6 Å². The zero-order chi connectivity index (χ0) is 58.6. The first-order valence-corrected chi connectivity index (χ1v) is 26.1. The number of nitrogens with zero attached hydrogens (tertiary/aromatic N) is 2. The first kappa shape index (κ1) is 66.3. The molecular formula is C51H91N7O19. The number of ether oxygens (including phenoxy) is 9. The molecule has 0 radical (unpaired) electrons. The van der Waals surface area contributed by atoms with Crippen molar-refractivity contribution in [1.82, 2.24) is 36.4 Å². The van der Waals surface area contributed by atoms with Crippen LogP contribution in [-0.4, -0.2) is 214 Å². The van der Waals surface area contributed by atoms with Crippen molar-refractivity contribution in [2.45, 2.75) is 225 Å². The molecule has 2 heterocycles. The molecular weight excluding hydrogens is 1010 g/mol. The molecule has 1 saturated carbocycles. The Kier molecular flexibility index (Phi) is 23.5. The van der Waals surface area contributed by atoms with E-state index in [0.717, 1.165) is 9.80 Å². The van der Waals surface area contributed by atoms with Gasteiger partial charge < -0.3 is 99.4 Å². The summed E-state index contributed by atoms with van der Waals surface area (Å²) in [6.07, 6.45) is -12.1. The zero-order valence-corrected chi connectivity index (χ0v) is 48.2. The maximum Gasteiger partial charge on any atom is 0.410 e. The Morgan fingerprint density at radius 2 is 1.27 bits per heavy atom. The van der Waals surface area contributed by atoms with Gasteiger partial charge in [0.15, 0.2) is 11.9 Å². The zero-order valence-electron chi connectivity index (χ0n) is 48.2. The van der Waals surface area contributed by atoms with Gasteiger partial charge >= 0.3 is 30.5 Å². The van der Waals surface area contributed by atoms with E-state index < -0.39 is 157 Å². The second kappa shape index (κ2) is 27.3. The number of carbonyl (C=O) groups excluding carboxylic acids is 6. The van der Waals surface area contributed by atoms with Gasteiger partial charge in [0.25, 0.3) is 5.91 Å². The predicted octanol–water partition coefficient (Wildman–Crippen LogP) is 2.86. The fourth-order valence-corrected chi connectivity index (χ4v) is 7.84. The molecule has 0 aromatic heterocycles. The van der Waals surface area contributed by atoms with Gasteiger partial charge in [0.2, 0.25) is 6.29 Å². The highest BCUT2D eigenvalue weighted by Gasteiger charge is 2.55. The number of alkyl carbamates (subject to hydrolysis) is 3. The summed E-state index contributed by atoms with van der Waals surface area (Å²) in [5, 5.41) is 60.3. The molecule has 0 bridgehead atoms. The summed E-state index contributed by atoms with van der Waals surface area (Å²) in [4.78, 5) is 81.7. The minimum Gasteiger partial charge on any atom is -0.466 e. The van der Waals surface area contributed by atoms with Crippen molar-refractivity contribution in [3.63, 3.8) is 0 Å². The van der Waals surface area contributed by atoms with Crippen LogP contribution in [0.5, 0.6) is 0 Å². The highest BCUT2D eigenvalue weighted by molar-refractivity contribution is 5.89. The van der Waals surface area contributed by atoms with E-state index in [1.165, 1.54) is 14.0 Å². The van der Waals surface area contributed by atoms with E-state index in [-0.39, 0.29) is 19.4 Å². The normalized spacial score (nSPS) is 24.0. The SMILES string of the molecule is C[C@@H]([C@@H](O)[C@H](OCCO)O[C@@H]1[C@@H](O)[C@H](O[C@H]2OC(CNCCCNC(=O)OC(C)(C)C)=CC[C@H]2NC(=O)OC(C)(C)C)[C@@H](NC(=O)OC(C)(C)C)C[C@H]1NC(=O)C1(O)CN(C(=O)OC(C)(C)C)C1)N(C)C(=O)OC(C)(C)C. The standard InChI is InChI=1S/C51H91N7O19/c1-29(57(17)44(66)76-49(11,12)13)34(60)39(69-24-23-59)72-36-32(54-40(62)51(68)27-58(28-51)45(67)77-50(14,15)16)25-33(56-43(65)75-48(8,9)10)37(35(36)61)71-38-31(55-42(64)74-47(5,6)7)20-19-30(70-38)26-52-21-18-22-53-41(63)73-46(2,3)4/h19,29,31-39,52,59-61,68H,18,20-28H2,1-17H3,(H,53,63)(H,54,62)(H,55,64)(H,56,65)/t29-,31+,32+,33-,34+,35+,36-,37+,38+,39+/m0/s1. The summed E-state index contributed by atoms with van der Waals surface area (Å²) in [5.41, 5.74) is -6.57. The van der Waals surface area contributed by atoms with Crippen LogP contribution in [0.3, 0.4) is 0 Å². The average molecular weight is 1110 g/mol. The lowest BCUT2D eigenvalue weighted by atomic mass is 9.82. The molecule has 444 valence electrons. The maximum absolute atomic E-state index is 14.2. The molecule has 77 heavy (non-hydrogen) atoms. The number of β-amino-alcohol motifs (C(OH)–C–C–N with tert-alkyl or cyclic N) is 1. The number of aliphatic hydroxyl groups excluding tert-OH is 3. The minimum absolute atomic E-state index is 0.109. The van der Waals surface area contributed by atoms with Crippen LogP contribution in [0.4, 0.5) is 24.0 Å². The predicted molar refractivity (Wildman–Crippen MR) is 277 cm³/mol. The molecule has 6 amide bonds. The molecule has 10 atom stereocenters. The molecule has 1 aliphatic carbocycles. The lowest BCUT2D eigenvalue weighted by Crippen LogP contribution is -2.73. The summed E-state index contributed by atoms with van der Waals surface area (Å²) < 4.78 is 52.8. The molecule has 2 aliphatic heterocycles. The van der Waals surface area contributed by atoms with E-state index in [2.05, 4.69) is 26.6 Å². The van der Waals surface area contributed by atoms with Gasteiger partial charge in [0.05, 0.1) is 57.0 Å². The van der Waals surface area contributed by atoms with E-state index in [1.807, 2.05) is 0 Å².